The Kier molecular flexibility index (Phi) is 9.26. The number of anilines is 3. The second kappa shape index (κ2) is 12.6. The smallest absolute Gasteiger partial charge is 0.0872 e. The fourth-order valence-electron chi connectivity index (χ4n) is 3.90. The minimum Gasteiger partial charge on any atom is -0.387 e. The summed E-state index contributed by atoms with van der Waals surface area (Å²) in [6, 6.07) is 46.9. The van der Waals surface area contributed by atoms with Crippen molar-refractivity contribution in [2.24, 2.45) is 0 Å². The number of hydrogen-bond donors (Lipinski definition) is 2. The third kappa shape index (κ3) is 7.48. The lowest BCUT2D eigenvalue weighted by Gasteiger charge is -2.31. The molecule has 0 aliphatic rings. The van der Waals surface area contributed by atoms with Crippen LogP contribution in [-0.4, -0.2) is 21.4 Å². The van der Waals surface area contributed by atoms with Gasteiger partial charge in [0.2, 0.25) is 0 Å². The van der Waals surface area contributed by atoms with Gasteiger partial charge in [-0.05, 0) is 98.5 Å². The van der Waals surface area contributed by atoms with Crippen LogP contribution in [0.2, 0.25) is 0 Å². The van der Waals surface area contributed by atoms with E-state index in [4.69, 9.17) is 10.2 Å². The van der Waals surface area contributed by atoms with Crippen molar-refractivity contribution in [3.05, 3.63) is 138 Å². The van der Waals surface area contributed by atoms with Crippen molar-refractivity contribution in [2.75, 3.05) is 4.90 Å². The number of nitrogens with zero attached hydrogens (tertiary/aromatic N) is 1. The van der Waals surface area contributed by atoms with Crippen LogP contribution in [0.25, 0.3) is 22.3 Å². The molecule has 3 nitrogen and oxygen atoms in total. The van der Waals surface area contributed by atoms with Gasteiger partial charge in [-0.1, -0.05) is 101 Å². The van der Waals surface area contributed by atoms with E-state index in [-0.39, 0.29) is 0 Å². The lowest BCUT2D eigenvalue weighted by atomic mass is 9.90. The van der Waals surface area contributed by atoms with Crippen molar-refractivity contribution in [2.45, 2.75) is 38.9 Å². The van der Waals surface area contributed by atoms with Gasteiger partial charge in [0.25, 0.3) is 0 Å². The molecule has 0 radical (unpaired) electrons. The number of benzene rings is 5. The molecule has 0 saturated heterocycles. The van der Waals surface area contributed by atoms with Gasteiger partial charge in [-0.2, -0.15) is 0 Å². The Hall–Kier alpha value is -3.70. The molecule has 0 aliphatic carbocycles. The Labute approximate surface area is 246 Å². The molecule has 0 fully saturated rings. The van der Waals surface area contributed by atoms with Crippen molar-refractivity contribution in [3.8, 4) is 22.3 Å². The molecule has 0 unspecified atom stereocenters. The molecule has 0 spiro atoms. The summed E-state index contributed by atoms with van der Waals surface area (Å²) in [5.41, 5.74) is 6.23. The predicted molar refractivity (Wildman–Crippen MR) is 172 cm³/mol. The Bertz CT molecular complexity index is 1370. The summed E-state index contributed by atoms with van der Waals surface area (Å²) in [6.45, 7) is 6.31. The molecule has 0 saturated carbocycles. The van der Waals surface area contributed by atoms with E-state index >= 15 is 0 Å². The van der Waals surface area contributed by atoms with Gasteiger partial charge in [-0.3, -0.25) is 0 Å². The van der Waals surface area contributed by atoms with Crippen molar-refractivity contribution >= 4 is 33.0 Å². The zero-order valence-electron chi connectivity index (χ0n) is 23.4. The Balaban J connectivity index is 0.000000406. The first-order valence-corrected chi connectivity index (χ1v) is 14.1. The number of aliphatic hydroxyl groups is 2. The molecule has 0 amide bonds. The van der Waals surface area contributed by atoms with E-state index in [2.05, 4.69) is 142 Å². The molecule has 0 atom stereocenters. The maximum atomic E-state index is 9.10. The molecule has 40 heavy (non-hydrogen) atoms. The topological polar surface area (TPSA) is 43.7 Å². The lowest BCUT2D eigenvalue weighted by Crippen LogP contribution is -2.44. The van der Waals surface area contributed by atoms with E-state index in [1.165, 1.54) is 22.3 Å². The molecule has 5 aromatic carbocycles. The van der Waals surface area contributed by atoms with Gasteiger partial charge in [0.15, 0.2) is 0 Å². The van der Waals surface area contributed by atoms with Crippen molar-refractivity contribution in [3.63, 3.8) is 0 Å². The maximum Gasteiger partial charge on any atom is 0.0872 e. The van der Waals surface area contributed by atoms with Crippen LogP contribution in [0, 0.1) is 0 Å². The quantitative estimate of drug-likeness (QED) is 0.206. The third-order valence-electron chi connectivity index (χ3n) is 7.05. The van der Waals surface area contributed by atoms with Crippen LogP contribution in [0.3, 0.4) is 0 Å². The van der Waals surface area contributed by atoms with E-state index in [9.17, 15) is 0 Å². The fourth-order valence-corrected chi connectivity index (χ4v) is 4.17. The van der Waals surface area contributed by atoms with Crippen molar-refractivity contribution < 1.29 is 10.2 Å². The highest BCUT2D eigenvalue weighted by Crippen LogP contribution is 2.37. The van der Waals surface area contributed by atoms with E-state index in [0.29, 0.717) is 0 Å². The SMILES string of the molecule is Brc1ccc(N(c2ccc(-c3ccccc3)cc2)c2ccc(-c3ccccc3)cc2)cc1.CC(C)(O)C(C)(C)O. The van der Waals surface area contributed by atoms with Crippen molar-refractivity contribution in [1.82, 2.24) is 0 Å². The summed E-state index contributed by atoms with van der Waals surface area (Å²) in [5.74, 6) is 0. The third-order valence-corrected chi connectivity index (χ3v) is 7.58. The largest absolute Gasteiger partial charge is 0.387 e. The van der Waals surface area contributed by atoms with E-state index in [1.807, 2.05) is 12.1 Å². The van der Waals surface area contributed by atoms with Crippen LogP contribution in [0.5, 0.6) is 0 Å². The van der Waals surface area contributed by atoms with Gasteiger partial charge < -0.3 is 15.1 Å². The highest BCUT2D eigenvalue weighted by molar-refractivity contribution is 9.10. The van der Waals surface area contributed by atoms with Crippen LogP contribution in [0.15, 0.2) is 138 Å². The van der Waals surface area contributed by atoms with Crippen LogP contribution in [-0.2, 0) is 0 Å². The van der Waals surface area contributed by atoms with Gasteiger partial charge in [0.1, 0.15) is 0 Å². The molecule has 4 heteroatoms. The summed E-state index contributed by atoms with van der Waals surface area (Å²) in [5, 5.41) is 18.2. The fraction of sp³-hybridized carbons (Fsp3) is 0.167. The van der Waals surface area contributed by atoms with Crippen LogP contribution < -0.4 is 4.90 Å². The molecule has 5 rings (SSSR count). The van der Waals surface area contributed by atoms with Gasteiger partial charge in [-0.15, -0.1) is 0 Å². The molecular formula is C36H36BrNO2. The second-order valence-corrected chi connectivity index (χ2v) is 11.7. The van der Waals surface area contributed by atoms with Gasteiger partial charge in [-0.25, -0.2) is 0 Å². The van der Waals surface area contributed by atoms with E-state index in [0.717, 1.165) is 21.5 Å². The monoisotopic (exact) mass is 593 g/mol. The predicted octanol–water partition coefficient (Wildman–Crippen LogP) is 9.78. The first-order valence-electron chi connectivity index (χ1n) is 13.3. The standard InChI is InChI=1S/C30H22BrN.C6H14O2/c31-27-15-21-30(22-16-27)32(28-17-11-25(12-18-28)23-7-3-1-4-8-23)29-19-13-26(14-20-29)24-9-5-2-6-10-24;1-5(2,7)6(3,4)8/h1-22H;7-8H,1-4H3. The molecule has 0 aromatic heterocycles. The summed E-state index contributed by atoms with van der Waals surface area (Å²) in [7, 11) is 0. The molecular weight excluding hydrogens is 558 g/mol. The van der Waals surface area contributed by atoms with Crippen LogP contribution in [0.4, 0.5) is 17.1 Å². The van der Waals surface area contributed by atoms with Gasteiger partial charge in [0.05, 0.1) is 11.2 Å². The Morgan fingerprint density at radius 3 is 1.00 bits per heavy atom. The lowest BCUT2D eigenvalue weighted by molar-refractivity contribution is -0.107. The molecule has 5 aromatic rings. The molecule has 204 valence electrons. The van der Waals surface area contributed by atoms with E-state index < -0.39 is 11.2 Å². The van der Waals surface area contributed by atoms with Gasteiger partial charge in [0, 0.05) is 21.5 Å². The average molecular weight is 595 g/mol. The number of halogens is 1. The highest BCUT2D eigenvalue weighted by atomic mass is 79.9. The van der Waals surface area contributed by atoms with Crippen LogP contribution in [0.1, 0.15) is 27.7 Å². The molecule has 0 bridgehead atoms. The number of rotatable bonds is 6. The Morgan fingerprint density at radius 2 is 0.700 bits per heavy atom. The highest BCUT2D eigenvalue weighted by Gasteiger charge is 2.31. The zero-order valence-corrected chi connectivity index (χ0v) is 25.0. The molecule has 0 aliphatic heterocycles. The van der Waals surface area contributed by atoms with Crippen molar-refractivity contribution in [1.29, 1.82) is 0 Å². The number of hydrogen-bond acceptors (Lipinski definition) is 3. The summed E-state index contributed by atoms with van der Waals surface area (Å²) in [4.78, 5) is 2.29. The average Bonchev–Trinajstić information content (AvgIpc) is 2.95. The summed E-state index contributed by atoms with van der Waals surface area (Å²) in [6.07, 6.45) is 0. The summed E-state index contributed by atoms with van der Waals surface area (Å²) >= 11 is 3.56. The first-order chi connectivity index (χ1) is 19.0. The molecule has 2 N–H and O–H groups in total. The summed E-state index contributed by atoms with van der Waals surface area (Å²) < 4.78 is 1.07. The normalized spacial score (nSPS) is 11.4. The minimum absolute atomic E-state index is 1.01. The van der Waals surface area contributed by atoms with Gasteiger partial charge >= 0.3 is 0 Å². The zero-order chi connectivity index (χ0) is 28.8. The Morgan fingerprint density at radius 1 is 0.425 bits per heavy atom. The molecule has 0 heterocycles. The maximum absolute atomic E-state index is 9.10. The van der Waals surface area contributed by atoms with E-state index in [1.54, 1.807) is 27.7 Å². The van der Waals surface area contributed by atoms with Crippen LogP contribution >= 0.6 is 15.9 Å². The first kappa shape index (κ1) is 29.3. The second-order valence-electron chi connectivity index (χ2n) is 10.8. The minimum atomic E-state index is -1.01.